The fourth-order valence-electron chi connectivity index (χ4n) is 2.05. The largest absolute Gasteiger partial charge is 0.354 e. The van der Waals surface area contributed by atoms with Gasteiger partial charge in [0.15, 0.2) is 5.82 Å². The predicted molar refractivity (Wildman–Crippen MR) is 61.6 cm³/mol. The minimum absolute atomic E-state index is 0.0901. The summed E-state index contributed by atoms with van der Waals surface area (Å²) in [6, 6.07) is 0.985. The van der Waals surface area contributed by atoms with Gasteiger partial charge in [0.2, 0.25) is 11.9 Å². The Labute approximate surface area is 104 Å². The van der Waals surface area contributed by atoms with Gasteiger partial charge in [-0.1, -0.05) is 13.8 Å². The lowest BCUT2D eigenvalue weighted by Crippen LogP contribution is -2.43. The van der Waals surface area contributed by atoms with E-state index < -0.39 is 17.8 Å². The maximum Gasteiger partial charge on any atom is 0.249 e. The zero-order chi connectivity index (χ0) is 13.3. The summed E-state index contributed by atoms with van der Waals surface area (Å²) in [5, 5.41) is 5.70. The van der Waals surface area contributed by atoms with E-state index in [0.717, 1.165) is 0 Å². The molecule has 98 valence electrons. The average Bonchev–Trinajstić information content (AvgIpc) is 2.56. The van der Waals surface area contributed by atoms with Crippen LogP contribution in [0, 0.1) is 17.2 Å². The molecule has 1 aromatic heterocycles. The van der Waals surface area contributed by atoms with Gasteiger partial charge >= 0.3 is 0 Å². The SMILES string of the molecule is CC1(C)CNC(=O)C1NCc1ccnc(F)c1F. The van der Waals surface area contributed by atoms with Crippen LogP contribution in [0.1, 0.15) is 19.4 Å². The molecule has 0 spiro atoms. The molecule has 1 atom stereocenters. The van der Waals surface area contributed by atoms with E-state index in [0.29, 0.717) is 6.54 Å². The molecule has 0 radical (unpaired) electrons. The van der Waals surface area contributed by atoms with Crippen molar-refractivity contribution in [3.8, 4) is 0 Å². The van der Waals surface area contributed by atoms with E-state index in [9.17, 15) is 13.6 Å². The van der Waals surface area contributed by atoms with E-state index in [-0.39, 0.29) is 23.4 Å². The third-order valence-corrected chi connectivity index (χ3v) is 3.19. The van der Waals surface area contributed by atoms with Crippen molar-refractivity contribution in [2.75, 3.05) is 6.54 Å². The molecule has 0 aliphatic carbocycles. The van der Waals surface area contributed by atoms with E-state index in [1.165, 1.54) is 12.3 Å². The Balaban J connectivity index is 2.08. The number of amides is 1. The van der Waals surface area contributed by atoms with Crippen LogP contribution in [0.4, 0.5) is 8.78 Å². The normalized spacial score (nSPS) is 22.0. The van der Waals surface area contributed by atoms with E-state index >= 15 is 0 Å². The molecular weight excluding hydrogens is 240 g/mol. The lowest BCUT2D eigenvalue weighted by atomic mass is 9.87. The molecule has 0 saturated carbocycles. The quantitative estimate of drug-likeness (QED) is 0.791. The van der Waals surface area contributed by atoms with Crippen LogP contribution in [0.2, 0.25) is 0 Å². The number of rotatable bonds is 3. The lowest BCUT2D eigenvalue weighted by Gasteiger charge is -2.24. The number of pyridine rings is 1. The molecule has 0 aromatic carbocycles. The maximum absolute atomic E-state index is 13.4. The number of hydrogen-bond acceptors (Lipinski definition) is 3. The van der Waals surface area contributed by atoms with Gasteiger partial charge in [0.25, 0.3) is 0 Å². The van der Waals surface area contributed by atoms with Crippen LogP contribution in [0.5, 0.6) is 0 Å². The van der Waals surface area contributed by atoms with Gasteiger partial charge in [0.1, 0.15) is 0 Å². The van der Waals surface area contributed by atoms with E-state index in [2.05, 4.69) is 15.6 Å². The molecule has 2 heterocycles. The van der Waals surface area contributed by atoms with E-state index in [1.807, 2.05) is 13.8 Å². The second kappa shape index (κ2) is 4.61. The summed E-state index contributed by atoms with van der Waals surface area (Å²) in [5.74, 6) is -2.21. The summed E-state index contributed by atoms with van der Waals surface area (Å²) in [6.45, 7) is 4.53. The van der Waals surface area contributed by atoms with Crippen LogP contribution in [-0.2, 0) is 11.3 Å². The summed E-state index contributed by atoms with van der Waals surface area (Å²) in [5.41, 5.74) is -0.0860. The van der Waals surface area contributed by atoms with Crippen LogP contribution in [-0.4, -0.2) is 23.5 Å². The van der Waals surface area contributed by atoms with Gasteiger partial charge < -0.3 is 10.6 Å². The van der Waals surface area contributed by atoms with Crippen LogP contribution < -0.4 is 10.6 Å². The third kappa shape index (κ3) is 2.33. The van der Waals surface area contributed by atoms with Crippen LogP contribution >= 0.6 is 0 Å². The minimum atomic E-state index is -1.12. The molecule has 1 amide bonds. The number of carbonyl (C=O) groups excluding carboxylic acids is 1. The number of nitrogens with zero attached hydrogens (tertiary/aromatic N) is 1. The molecule has 1 aliphatic heterocycles. The van der Waals surface area contributed by atoms with Crippen molar-refractivity contribution < 1.29 is 13.6 Å². The molecule has 0 bridgehead atoms. The van der Waals surface area contributed by atoms with Crippen LogP contribution in [0.25, 0.3) is 0 Å². The number of aromatic nitrogens is 1. The number of nitrogens with one attached hydrogen (secondary N) is 2. The Bertz CT molecular complexity index is 476. The Morgan fingerprint density at radius 2 is 2.28 bits per heavy atom. The molecule has 1 unspecified atom stereocenters. The summed E-state index contributed by atoms with van der Waals surface area (Å²) < 4.78 is 26.3. The molecular formula is C12H15F2N3O. The summed E-state index contributed by atoms with van der Waals surface area (Å²) >= 11 is 0. The highest BCUT2D eigenvalue weighted by atomic mass is 19.2. The Kier molecular flexibility index (Phi) is 3.30. The second-order valence-corrected chi connectivity index (χ2v) is 5.10. The van der Waals surface area contributed by atoms with Crippen molar-refractivity contribution in [3.05, 3.63) is 29.6 Å². The molecule has 1 aliphatic rings. The van der Waals surface area contributed by atoms with Crippen molar-refractivity contribution in [2.45, 2.75) is 26.4 Å². The highest BCUT2D eigenvalue weighted by molar-refractivity contribution is 5.85. The molecule has 4 nitrogen and oxygen atoms in total. The highest BCUT2D eigenvalue weighted by Crippen LogP contribution is 2.25. The van der Waals surface area contributed by atoms with E-state index in [4.69, 9.17) is 0 Å². The first-order chi connectivity index (χ1) is 8.42. The predicted octanol–water partition coefficient (Wildman–Crippen LogP) is 0.974. The summed E-state index contributed by atoms with van der Waals surface area (Å²) in [4.78, 5) is 14.8. The molecule has 2 N–H and O–H groups in total. The van der Waals surface area contributed by atoms with Crippen molar-refractivity contribution in [2.24, 2.45) is 5.41 Å². The zero-order valence-corrected chi connectivity index (χ0v) is 10.3. The summed E-state index contributed by atoms with van der Waals surface area (Å²) in [6.07, 6.45) is 1.20. The fourth-order valence-corrected chi connectivity index (χ4v) is 2.05. The zero-order valence-electron chi connectivity index (χ0n) is 10.3. The van der Waals surface area contributed by atoms with Gasteiger partial charge in [-0.3, -0.25) is 4.79 Å². The first-order valence-corrected chi connectivity index (χ1v) is 5.72. The Hall–Kier alpha value is -1.56. The summed E-state index contributed by atoms with van der Waals surface area (Å²) in [7, 11) is 0. The molecule has 2 rings (SSSR count). The second-order valence-electron chi connectivity index (χ2n) is 5.10. The van der Waals surface area contributed by atoms with Crippen molar-refractivity contribution >= 4 is 5.91 Å². The molecule has 6 heteroatoms. The van der Waals surface area contributed by atoms with Crippen molar-refractivity contribution in [3.63, 3.8) is 0 Å². The molecule has 1 fully saturated rings. The number of carbonyl (C=O) groups is 1. The standard InChI is InChI=1S/C12H15F2N3O/c1-12(2)6-17-11(18)9(12)16-5-7-3-4-15-10(14)8(7)13/h3-4,9,16H,5-6H2,1-2H3,(H,17,18). The smallest absolute Gasteiger partial charge is 0.249 e. The maximum atomic E-state index is 13.4. The van der Waals surface area contributed by atoms with Gasteiger partial charge in [-0.05, 0) is 6.07 Å². The monoisotopic (exact) mass is 255 g/mol. The minimum Gasteiger partial charge on any atom is -0.354 e. The fraction of sp³-hybridized carbons (Fsp3) is 0.500. The van der Waals surface area contributed by atoms with Crippen molar-refractivity contribution in [1.29, 1.82) is 0 Å². The van der Waals surface area contributed by atoms with Gasteiger partial charge in [-0.25, -0.2) is 9.37 Å². The number of halogens is 2. The third-order valence-electron chi connectivity index (χ3n) is 3.19. The molecule has 18 heavy (non-hydrogen) atoms. The average molecular weight is 255 g/mol. The Morgan fingerprint density at radius 3 is 2.89 bits per heavy atom. The van der Waals surface area contributed by atoms with Crippen LogP contribution in [0.15, 0.2) is 12.3 Å². The van der Waals surface area contributed by atoms with Crippen molar-refractivity contribution in [1.82, 2.24) is 15.6 Å². The highest BCUT2D eigenvalue weighted by Gasteiger charge is 2.40. The van der Waals surface area contributed by atoms with Gasteiger partial charge in [-0.15, -0.1) is 0 Å². The van der Waals surface area contributed by atoms with Gasteiger partial charge in [0, 0.05) is 30.3 Å². The number of hydrogen-bond donors (Lipinski definition) is 2. The molecule has 1 saturated heterocycles. The first-order valence-electron chi connectivity index (χ1n) is 5.72. The Morgan fingerprint density at radius 1 is 1.56 bits per heavy atom. The van der Waals surface area contributed by atoms with Gasteiger partial charge in [-0.2, -0.15) is 4.39 Å². The topological polar surface area (TPSA) is 54.0 Å². The molecule has 1 aromatic rings. The van der Waals surface area contributed by atoms with E-state index in [1.54, 1.807) is 0 Å². The van der Waals surface area contributed by atoms with Crippen LogP contribution in [0.3, 0.4) is 0 Å². The lowest BCUT2D eigenvalue weighted by molar-refractivity contribution is -0.121. The first kappa shape index (κ1) is 12.9. The van der Waals surface area contributed by atoms with Gasteiger partial charge in [0.05, 0.1) is 6.04 Å².